The van der Waals surface area contributed by atoms with Crippen LogP contribution in [0.3, 0.4) is 0 Å². The van der Waals surface area contributed by atoms with E-state index in [9.17, 15) is 4.79 Å². The predicted octanol–water partition coefficient (Wildman–Crippen LogP) is 1.33. The summed E-state index contributed by atoms with van der Waals surface area (Å²) in [5, 5.41) is 4.10. The Morgan fingerprint density at radius 2 is 2.00 bits per heavy atom. The lowest BCUT2D eigenvalue weighted by atomic mass is 10.2. The fourth-order valence-electron chi connectivity index (χ4n) is 3.39. The molecule has 1 aromatic heterocycles. The maximum atomic E-state index is 12.4. The Bertz CT molecular complexity index is 557. The molecule has 2 atom stereocenters. The topological polar surface area (TPSA) is 71.7 Å². The lowest BCUT2D eigenvalue weighted by Gasteiger charge is -2.37. The zero-order chi connectivity index (χ0) is 15.8. The van der Waals surface area contributed by atoms with Gasteiger partial charge in [-0.25, -0.2) is 0 Å². The van der Waals surface area contributed by atoms with E-state index in [1.54, 1.807) is 0 Å². The van der Waals surface area contributed by atoms with Crippen LogP contribution in [0.25, 0.3) is 0 Å². The van der Waals surface area contributed by atoms with Crippen LogP contribution in [-0.2, 0) is 9.53 Å². The molecule has 0 spiro atoms. The average Bonchev–Trinajstić information content (AvgIpc) is 3.10. The summed E-state index contributed by atoms with van der Waals surface area (Å²) in [7, 11) is 0. The third kappa shape index (κ3) is 3.12. The van der Waals surface area contributed by atoms with Crippen LogP contribution in [0.15, 0.2) is 4.52 Å². The smallest absolute Gasteiger partial charge is 0.251 e. The van der Waals surface area contributed by atoms with Crippen molar-refractivity contribution in [1.29, 1.82) is 0 Å². The van der Waals surface area contributed by atoms with Gasteiger partial charge in [-0.1, -0.05) is 5.16 Å². The predicted molar refractivity (Wildman–Crippen MR) is 81.8 cm³/mol. The highest BCUT2D eigenvalue weighted by Crippen LogP contribution is 2.38. The minimum atomic E-state index is -0.212. The van der Waals surface area contributed by atoms with Crippen molar-refractivity contribution in [3.63, 3.8) is 0 Å². The maximum absolute atomic E-state index is 12.4. The highest BCUT2D eigenvalue weighted by molar-refractivity contribution is 5.81. The number of carbonyl (C=O) groups is 1. The molecule has 0 radical (unpaired) electrons. The summed E-state index contributed by atoms with van der Waals surface area (Å²) in [5.41, 5.74) is 0. The zero-order valence-corrected chi connectivity index (χ0v) is 13.6. The average molecular weight is 320 g/mol. The molecule has 3 fully saturated rings. The Morgan fingerprint density at radius 3 is 2.65 bits per heavy atom. The monoisotopic (exact) mass is 320 g/mol. The molecule has 1 amide bonds. The number of nitrogens with zero attached hydrogens (tertiary/aromatic N) is 4. The van der Waals surface area contributed by atoms with Crippen LogP contribution in [0.1, 0.15) is 56.3 Å². The molecule has 1 aliphatic carbocycles. The van der Waals surface area contributed by atoms with Crippen molar-refractivity contribution in [1.82, 2.24) is 19.9 Å². The molecule has 0 N–H and O–H groups in total. The summed E-state index contributed by atoms with van der Waals surface area (Å²) in [6.45, 7) is 5.97. The Morgan fingerprint density at radius 1 is 1.22 bits per heavy atom. The van der Waals surface area contributed by atoms with Gasteiger partial charge in [0.15, 0.2) is 5.82 Å². The SMILES string of the molecule is C[C@@H](c1nc(C2CC2)no1)N1CCN(C(=O)[C@@H]2CCCO2)CC1. The summed E-state index contributed by atoms with van der Waals surface area (Å²) in [6.07, 6.45) is 4.00. The Balaban J connectivity index is 1.32. The summed E-state index contributed by atoms with van der Waals surface area (Å²) in [5.74, 6) is 2.23. The summed E-state index contributed by atoms with van der Waals surface area (Å²) < 4.78 is 10.9. The maximum Gasteiger partial charge on any atom is 0.251 e. The van der Waals surface area contributed by atoms with Crippen molar-refractivity contribution in [3.8, 4) is 0 Å². The van der Waals surface area contributed by atoms with Crippen LogP contribution in [0.4, 0.5) is 0 Å². The van der Waals surface area contributed by atoms with Crippen molar-refractivity contribution in [2.24, 2.45) is 0 Å². The van der Waals surface area contributed by atoms with Gasteiger partial charge >= 0.3 is 0 Å². The van der Waals surface area contributed by atoms with Crippen LogP contribution >= 0.6 is 0 Å². The van der Waals surface area contributed by atoms with E-state index < -0.39 is 0 Å². The molecule has 4 rings (SSSR count). The highest BCUT2D eigenvalue weighted by atomic mass is 16.5. The van der Waals surface area contributed by atoms with E-state index in [4.69, 9.17) is 9.26 Å². The number of amides is 1. The first kappa shape index (κ1) is 15.1. The number of carbonyl (C=O) groups excluding carboxylic acids is 1. The molecule has 126 valence electrons. The zero-order valence-electron chi connectivity index (χ0n) is 13.6. The normalized spacial score (nSPS) is 27.3. The van der Waals surface area contributed by atoms with Crippen LogP contribution in [0.5, 0.6) is 0 Å². The van der Waals surface area contributed by atoms with Crippen molar-refractivity contribution in [2.45, 2.75) is 50.7 Å². The van der Waals surface area contributed by atoms with E-state index >= 15 is 0 Å². The van der Waals surface area contributed by atoms with Gasteiger partial charge in [-0.2, -0.15) is 4.98 Å². The van der Waals surface area contributed by atoms with Gasteiger partial charge in [0.05, 0.1) is 6.04 Å². The molecule has 0 aromatic carbocycles. The fraction of sp³-hybridized carbons (Fsp3) is 0.812. The molecule has 23 heavy (non-hydrogen) atoms. The van der Waals surface area contributed by atoms with Gasteiger partial charge in [-0.15, -0.1) is 0 Å². The van der Waals surface area contributed by atoms with Gasteiger partial charge in [-0.05, 0) is 32.6 Å². The second-order valence-corrected chi connectivity index (χ2v) is 6.80. The van der Waals surface area contributed by atoms with E-state index in [0.29, 0.717) is 18.4 Å². The van der Waals surface area contributed by atoms with E-state index in [0.717, 1.165) is 44.8 Å². The standard InChI is InChI=1S/C16H24N4O3/c1-11(15-17-14(18-23-15)12-4-5-12)19-6-8-20(9-7-19)16(21)13-3-2-10-22-13/h11-13H,2-10H2,1H3/t11-,13-/m0/s1. The van der Waals surface area contributed by atoms with Gasteiger partial charge in [0.25, 0.3) is 5.91 Å². The van der Waals surface area contributed by atoms with E-state index in [1.807, 2.05) is 4.90 Å². The van der Waals surface area contributed by atoms with Gasteiger partial charge in [0, 0.05) is 38.7 Å². The van der Waals surface area contributed by atoms with Crippen LogP contribution < -0.4 is 0 Å². The van der Waals surface area contributed by atoms with Crippen molar-refractivity contribution in [3.05, 3.63) is 11.7 Å². The first-order valence-electron chi connectivity index (χ1n) is 8.70. The minimum Gasteiger partial charge on any atom is -0.368 e. The van der Waals surface area contributed by atoms with Gasteiger partial charge in [0.1, 0.15) is 6.10 Å². The summed E-state index contributed by atoms with van der Waals surface area (Å²) in [6, 6.07) is 0.106. The molecule has 0 bridgehead atoms. The van der Waals surface area contributed by atoms with Crippen molar-refractivity contribution < 1.29 is 14.1 Å². The Labute approximate surface area is 136 Å². The van der Waals surface area contributed by atoms with E-state index in [2.05, 4.69) is 22.0 Å². The second-order valence-electron chi connectivity index (χ2n) is 6.80. The minimum absolute atomic E-state index is 0.106. The van der Waals surface area contributed by atoms with Crippen LogP contribution in [0.2, 0.25) is 0 Å². The number of aromatic nitrogens is 2. The third-order valence-electron chi connectivity index (χ3n) is 5.14. The number of ether oxygens (including phenoxy) is 1. The lowest BCUT2D eigenvalue weighted by Crippen LogP contribution is -2.51. The molecule has 2 saturated heterocycles. The van der Waals surface area contributed by atoms with E-state index in [-0.39, 0.29) is 18.1 Å². The molecule has 1 aromatic rings. The Kier molecular flexibility index (Phi) is 4.07. The van der Waals surface area contributed by atoms with Crippen LogP contribution in [-0.4, -0.2) is 64.7 Å². The molecule has 7 nitrogen and oxygen atoms in total. The molecule has 2 aliphatic heterocycles. The fourth-order valence-corrected chi connectivity index (χ4v) is 3.39. The number of hydrogen-bond acceptors (Lipinski definition) is 6. The molecule has 7 heteroatoms. The first-order valence-corrected chi connectivity index (χ1v) is 8.70. The van der Waals surface area contributed by atoms with Gasteiger partial charge in [0.2, 0.25) is 5.89 Å². The molecule has 3 heterocycles. The third-order valence-corrected chi connectivity index (χ3v) is 5.14. The Hall–Kier alpha value is -1.47. The largest absolute Gasteiger partial charge is 0.368 e. The molecule has 0 unspecified atom stereocenters. The molecule has 1 saturated carbocycles. The first-order chi connectivity index (χ1) is 11.2. The van der Waals surface area contributed by atoms with Crippen molar-refractivity contribution >= 4 is 5.91 Å². The van der Waals surface area contributed by atoms with Crippen LogP contribution in [0, 0.1) is 0 Å². The molecule has 3 aliphatic rings. The number of rotatable bonds is 4. The van der Waals surface area contributed by atoms with Gasteiger partial charge in [-0.3, -0.25) is 9.69 Å². The highest BCUT2D eigenvalue weighted by Gasteiger charge is 2.34. The summed E-state index contributed by atoms with van der Waals surface area (Å²) >= 11 is 0. The second kappa shape index (κ2) is 6.20. The summed E-state index contributed by atoms with van der Waals surface area (Å²) in [4.78, 5) is 21.2. The van der Waals surface area contributed by atoms with Gasteiger partial charge < -0.3 is 14.2 Å². The molecular formula is C16H24N4O3. The lowest BCUT2D eigenvalue weighted by molar-refractivity contribution is -0.143. The van der Waals surface area contributed by atoms with E-state index in [1.165, 1.54) is 12.8 Å². The number of hydrogen-bond donors (Lipinski definition) is 0. The number of piperazine rings is 1. The molecular weight excluding hydrogens is 296 g/mol. The quantitative estimate of drug-likeness (QED) is 0.833. The van der Waals surface area contributed by atoms with Crippen molar-refractivity contribution in [2.75, 3.05) is 32.8 Å².